The summed E-state index contributed by atoms with van der Waals surface area (Å²) in [6.07, 6.45) is 2.37. The number of nitrogens with one attached hydrogen (secondary N) is 1. The van der Waals surface area contributed by atoms with Gasteiger partial charge in [-0.05, 0) is 69.0 Å². The second kappa shape index (κ2) is 12.8. The molecule has 0 aliphatic heterocycles. The van der Waals surface area contributed by atoms with Crippen molar-refractivity contribution in [3.8, 4) is 17.0 Å². The molecule has 0 fully saturated rings. The smallest absolute Gasteiger partial charge is 0.330 e. The number of rotatable bonds is 12. The summed E-state index contributed by atoms with van der Waals surface area (Å²) in [5.41, 5.74) is 5.61. The van der Waals surface area contributed by atoms with Gasteiger partial charge in [-0.25, -0.2) is 24.7 Å². The lowest BCUT2D eigenvalue weighted by molar-refractivity contribution is -0.139. The first-order valence-corrected chi connectivity index (χ1v) is 16.1. The zero-order chi connectivity index (χ0) is 28.9. The fraction of sp³-hybridized carbons (Fsp3) is 0.276. The molecule has 12 heteroatoms. The van der Waals surface area contributed by atoms with Crippen LogP contribution in [0, 0.1) is 13.8 Å². The van der Waals surface area contributed by atoms with Gasteiger partial charge in [-0.2, -0.15) is 16.8 Å². The Morgan fingerprint density at radius 1 is 1.12 bits per heavy atom. The van der Waals surface area contributed by atoms with Crippen LogP contribution in [0.3, 0.4) is 0 Å². The Bertz CT molecular complexity index is 1660. The molecule has 5 aromatic rings. The van der Waals surface area contributed by atoms with E-state index in [1.807, 2.05) is 80.4 Å². The van der Waals surface area contributed by atoms with Gasteiger partial charge in [0.2, 0.25) is 0 Å². The molecule has 41 heavy (non-hydrogen) atoms. The van der Waals surface area contributed by atoms with Crippen LogP contribution >= 0.6 is 34.4 Å². The van der Waals surface area contributed by atoms with Crippen molar-refractivity contribution in [2.45, 2.75) is 39.3 Å². The third-order valence-electron chi connectivity index (χ3n) is 6.39. The number of anilines is 2. The Hall–Kier alpha value is -3.74. The number of nitrogens with zero attached hydrogens (tertiary/aromatic N) is 5. The first kappa shape index (κ1) is 28.8. The summed E-state index contributed by atoms with van der Waals surface area (Å²) < 4.78 is 1.11. The van der Waals surface area contributed by atoms with Crippen molar-refractivity contribution in [1.29, 1.82) is 0 Å². The van der Waals surface area contributed by atoms with E-state index in [0.717, 1.165) is 32.0 Å². The van der Waals surface area contributed by atoms with E-state index in [-0.39, 0.29) is 6.04 Å². The molecular formula is C29H30N6O3S3. The average molecular weight is 607 g/mol. The van der Waals surface area contributed by atoms with Gasteiger partial charge in [0, 0.05) is 17.0 Å². The number of hydrogen-bond donors (Lipinski definition) is 2. The van der Waals surface area contributed by atoms with E-state index in [9.17, 15) is 9.90 Å². The molecular weight excluding hydrogens is 577 g/mol. The zero-order valence-electron chi connectivity index (χ0n) is 23.1. The van der Waals surface area contributed by atoms with Crippen LogP contribution < -0.4 is 15.2 Å². The van der Waals surface area contributed by atoms with Crippen LogP contribution in [0.2, 0.25) is 0 Å². The Labute approximate surface area is 250 Å². The monoisotopic (exact) mass is 606 g/mol. The fourth-order valence-corrected chi connectivity index (χ4v) is 6.11. The minimum atomic E-state index is -0.958. The number of aryl methyl sites for hydroxylation is 2. The molecule has 2 N–H and O–H groups in total. The number of carboxylic acids is 1. The number of benzene rings is 2. The Morgan fingerprint density at radius 2 is 1.98 bits per heavy atom. The van der Waals surface area contributed by atoms with Gasteiger partial charge in [-0.3, -0.25) is 0 Å². The minimum absolute atomic E-state index is 0.119. The highest BCUT2D eigenvalue weighted by atomic mass is 32.2. The lowest BCUT2D eigenvalue weighted by Gasteiger charge is -2.28. The van der Waals surface area contributed by atoms with Gasteiger partial charge in [0.1, 0.15) is 11.6 Å². The second-order valence-corrected chi connectivity index (χ2v) is 12.4. The molecule has 3 aromatic heterocycles. The van der Waals surface area contributed by atoms with Gasteiger partial charge < -0.3 is 15.3 Å². The molecule has 9 nitrogen and oxygen atoms in total. The molecule has 5 rings (SSSR count). The molecule has 0 amide bonds. The van der Waals surface area contributed by atoms with Crippen molar-refractivity contribution in [3.05, 3.63) is 75.8 Å². The predicted octanol–water partition coefficient (Wildman–Crippen LogP) is 7.01. The molecule has 0 aliphatic carbocycles. The zero-order valence-corrected chi connectivity index (χ0v) is 25.5. The summed E-state index contributed by atoms with van der Waals surface area (Å²) in [5, 5.41) is 17.6. The number of carbonyl (C=O) groups is 1. The summed E-state index contributed by atoms with van der Waals surface area (Å²) in [7, 11) is 0. The van der Waals surface area contributed by atoms with Gasteiger partial charge in [-0.1, -0.05) is 18.2 Å². The Balaban J connectivity index is 1.37. The van der Waals surface area contributed by atoms with Gasteiger partial charge >= 0.3 is 5.97 Å². The summed E-state index contributed by atoms with van der Waals surface area (Å²) in [6, 6.07) is 14.7. The SMILES string of the molecule is CSCC[C@@H](C(=O)O)N(Oc1cccc(C(C)Nc2cc(-c3ccc4ncsc4c3)nc(C)n2)c1)c1csc(C)n1. The van der Waals surface area contributed by atoms with Crippen molar-refractivity contribution >= 4 is 62.3 Å². The number of fused-ring (bicyclic) bond motifs is 1. The van der Waals surface area contributed by atoms with E-state index in [1.165, 1.54) is 16.4 Å². The van der Waals surface area contributed by atoms with Gasteiger partial charge in [0.05, 0.1) is 32.5 Å². The first-order chi connectivity index (χ1) is 19.8. The Morgan fingerprint density at radius 3 is 2.73 bits per heavy atom. The largest absolute Gasteiger partial charge is 0.480 e. The number of thiazole rings is 2. The molecule has 212 valence electrons. The van der Waals surface area contributed by atoms with E-state index >= 15 is 0 Å². The maximum absolute atomic E-state index is 12.2. The van der Waals surface area contributed by atoms with E-state index in [4.69, 9.17) is 4.84 Å². The van der Waals surface area contributed by atoms with Crippen LogP contribution in [0.25, 0.3) is 21.5 Å². The normalized spacial score (nSPS) is 12.7. The highest BCUT2D eigenvalue weighted by Crippen LogP contribution is 2.30. The average Bonchev–Trinajstić information content (AvgIpc) is 3.60. The van der Waals surface area contributed by atoms with Crippen molar-refractivity contribution in [2.75, 3.05) is 22.4 Å². The van der Waals surface area contributed by atoms with E-state index in [1.54, 1.807) is 23.1 Å². The molecule has 0 saturated carbocycles. The van der Waals surface area contributed by atoms with Crippen LogP contribution in [0.5, 0.6) is 5.75 Å². The molecule has 3 heterocycles. The number of carboxylic acid groups (broad SMARTS) is 1. The number of hydrogen-bond acceptors (Lipinski definition) is 11. The third-order valence-corrected chi connectivity index (χ3v) is 8.58. The molecule has 2 atom stereocenters. The van der Waals surface area contributed by atoms with E-state index < -0.39 is 12.0 Å². The topological polar surface area (TPSA) is 113 Å². The van der Waals surface area contributed by atoms with E-state index in [2.05, 4.69) is 31.3 Å². The summed E-state index contributed by atoms with van der Waals surface area (Å²) in [4.78, 5) is 36.6. The van der Waals surface area contributed by atoms with Crippen molar-refractivity contribution in [1.82, 2.24) is 19.9 Å². The summed E-state index contributed by atoms with van der Waals surface area (Å²) in [6.45, 7) is 5.80. The molecule has 2 aromatic carbocycles. The molecule has 1 unspecified atom stereocenters. The highest BCUT2D eigenvalue weighted by Gasteiger charge is 2.30. The minimum Gasteiger partial charge on any atom is -0.480 e. The van der Waals surface area contributed by atoms with Gasteiger partial charge in [0.15, 0.2) is 17.6 Å². The van der Waals surface area contributed by atoms with E-state index in [0.29, 0.717) is 35.4 Å². The van der Waals surface area contributed by atoms with Crippen molar-refractivity contribution < 1.29 is 14.7 Å². The quantitative estimate of drug-likeness (QED) is 0.144. The number of thioether (sulfide) groups is 1. The summed E-state index contributed by atoms with van der Waals surface area (Å²) in [5.74, 6) is 2.10. The summed E-state index contributed by atoms with van der Waals surface area (Å²) >= 11 is 4.65. The standard InChI is InChI=1S/C29H30N6O3S3/c1-17(31-27-14-24(32-18(2)33-27)21-8-9-23-26(13-21)41-16-30-23)20-6-5-7-22(12-20)38-35(28-15-40-19(3)34-28)25(29(36)37)10-11-39-4/h5-9,12-17,25H,10-11H2,1-4H3,(H,36,37)(H,31,32,33)/t17?,25-/m0/s1. The lowest BCUT2D eigenvalue weighted by Crippen LogP contribution is -2.44. The lowest BCUT2D eigenvalue weighted by atomic mass is 10.1. The van der Waals surface area contributed by atoms with Gasteiger partial charge in [-0.15, -0.1) is 22.7 Å². The fourth-order valence-electron chi connectivity index (χ4n) is 4.36. The van der Waals surface area contributed by atoms with Crippen LogP contribution in [-0.4, -0.2) is 49.1 Å². The first-order valence-electron chi connectivity index (χ1n) is 13.0. The molecule has 0 radical (unpaired) electrons. The molecule has 0 spiro atoms. The van der Waals surface area contributed by atoms with Crippen LogP contribution in [-0.2, 0) is 4.79 Å². The number of aromatic nitrogens is 4. The van der Waals surface area contributed by atoms with Crippen LogP contribution in [0.15, 0.2) is 59.4 Å². The Kier molecular flexibility index (Phi) is 9.01. The number of hydroxylamine groups is 1. The van der Waals surface area contributed by atoms with Crippen molar-refractivity contribution in [3.63, 3.8) is 0 Å². The maximum atomic E-state index is 12.2. The molecule has 0 saturated heterocycles. The van der Waals surface area contributed by atoms with Crippen LogP contribution in [0.1, 0.15) is 35.8 Å². The number of aliphatic carboxylic acids is 1. The third kappa shape index (κ3) is 6.95. The van der Waals surface area contributed by atoms with Crippen molar-refractivity contribution in [2.24, 2.45) is 0 Å². The van der Waals surface area contributed by atoms with Crippen LogP contribution in [0.4, 0.5) is 11.6 Å². The predicted molar refractivity (Wildman–Crippen MR) is 168 cm³/mol. The molecule has 0 aliphatic rings. The maximum Gasteiger partial charge on any atom is 0.330 e. The second-order valence-electron chi connectivity index (χ2n) is 9.44. The highest BCUT2D eigenvalue weighted by molar-refractivity contribution is 7.98. The van der Waals surface area contributed by atoms with Gasteiger partial charge in [0.25, 0.3) is 0 Å². The molecule has 0 bridgehead atoms.